The molecule has 0 unspecified atom stereocenters. The minimum atomic E-state index is 0.0557. The summed E-state index contributed by atoms with van der Waals surface area (Å²) in [6.45, 7) is 3.98. The highest BCUT2D eigenvalue weighted by Crippen LogP contribution is 2.32. The molecule has 0 N–H and O–H groups in total. The SMILES string of the molecule is CCOc1ccc(CC(=O)N(CCN(C)C)c2nc3ccc(SC)cc3s2)cc1. The second kappa shape index (κ2) is 10.1. The fourth-order valence-corrected chi connectivity index (χ4v) is 4.47. The molecule has 7 heteroatoms. The van der Waals surface area contributed by atoms with E-state index in [4.69, 9.17) is 9.72 Å². The number of likely N-dealkylation sites (N-methyl/N-ethyl adjacent to an activating group) is 1. The molecule has 0 aliphatic heterocycles. The van der Waals surface area contributed by atoms with Crippen molar-refractivity contribution in [2.45, 2.75) is 18.2 Å². The Balaban J connectivity index is 1.82. The highest BCUT2D eigenvalue weighted by Gasteiger charge is 2.20. The summed E-state index contributed by atoms with van der Waals surface area (Å²) in [5.41, 5.74) is 1.91. The molecule has 2 aromatic carbocycles. The number of anilines is 1. The van der Waals surface area contributed by atoms with Crippen molar-refractivity contribution in [1.29, 1.82) is 0 Å². The number of ether oxygens (including phenoxy) is 1. The Bertz CT molecular complexity index is 954. The lowest BCUT2D eigenvalue weighted by Crippen LogP contribution is -2.37. The van der Waals surface area contributed by atoms with Crippen LogP contribution in [0.1, 0.15) is 12.5 Å². The number of benzene rings is 2. The van der Waals surface area contributed by atoms with Gasteiger partial charge in [0, 0.05) is 18.0 Å². The van der Waals surface area contributed by atoms with Crippen LogP contribution in [0.15, 0.2) is 47.4 Å². The minimum absolute atomic E-state index is 0.0557. The molecule has 3 rings (SSSR count). The number of hydrogen-bond donors (Lipinski definition) is 0. The molecule has 0 aliphatic rings. The molecule has 1 amide bonds. The Morgan fingerprint density at radius 1 is 1.14 bits per heavy atom. The molecule has 1 aromatic heterocycles. The van der Waals surface area contributed by atoms with Crippen molar-refractivity contribution in [3.8, 4) is 5.75 Å². The Morgan fingerprint density at radius 2 is 1.90 bits per heavy atom. The maximum absolute atomic E-state index is 13.2. The van der Waals surface area contributed by atoms with Crippen LogP contribution in [0.3, 0.4) is 0 Å². The van der Waals surface area contributed by atoms with Gasteiger partial charge < -0.3 is 9.64 Å². The van der Waals surface area contributed by atoms with E-state index in [0.29, 0.717) is 19.6 Å². The van der Waals surface area contributed by atoms with Gasteiger partial charge in [-0.1, -0.05) is 23.5 Å². The highest BCUT2D eigenvalue weighted by molar-refractivity contribution is 7.98. The Kier molecular flexibility index (Phi) is 7.52. The first-order valence-electron chi connectivity index (χ1n) is 9.61. The van der Waals surface area contributed by atoms with Gasteiger partial charge in [0.05, 0.1) is 23.2 Å². The van der Waals surface area contributed by atoms with Gasteiger partial charge in [0.15, 0.2) is 5.13 Å². The van der Waals surface area contributed by atoms with Crippen LogP contribution in [0, 0.1) is 0 Å². The van der Waals surface area contributed by atoms with Crippen molar-refractivity contribution in [3.05, 3.63) is 48.0 Å². The molecular weight excluding hydrogens is 402 g/mol. The summed E-state index contributed by atoms with van der Waals surface area (Å²) >= 11 is 3.29. The summed E-state index contributed by atoms with van der Waals surface area (Å²) in [7, 11) is 4.02. The number of nitrogens with zero attached hydrogens (tertiary/aromatic N) is 3. The number of aromatic nitrogens is 1. The number of amides is 1. The van der Waals surface area contributed by atoms with Gasteiger partial charge >= 0.3 is 0 Å². The molecule has 0 spiro atoms. The molecule has 0 fully saturated rings. The Labute approximate surface area is 180 Å². The van der Waals surface area contributed by atoms with Crippen LogP contribution in [0.5, 0.6) is 5.75 Å². The molecular formula is C22H27N3O2S2. The maximum Gasteiger partial charge on any atom is 0.233 e. The quantitative estimate of drug-likeness (QED) is 0.467. The summed E-state index contributed by atoms with van der Waals surface area (Å²) in [4.78, 5) is 23.0. The fourth-order valence-electron chi connectivity index (χ4n) is 2.90. The molecule has 0 aliphatic carbocycles. The van der Waals surface area contributed by atoms with Crippen LogP contribution in [-0.2, 0) is 11.2 Å². The second-order valence-corrected chi connectivity index (χ2v) is 8.82. The van der Waals surface area contributed by atoms with Crippen molar-refractivity contribution in [1.82, 2.24) is 9.88 Å². The smallest absolute Gasteiger partial charge is 0.233 e. The van der Waals surface area contributed by atoms with E-state index in [-0.39, 0.29) is 5.91 Å². The van der Waals surface area contributed by atoms with Crippen molar-refractivity contribution >= 4 is 44.4 Å². The first-order valence-corrected chi connectivity index (χ1v) is 11.7. The third-order valence-corrected chi connectivity index (χ3v) is 6.24. The highest BCUT2D eigenvalue weighted by atomic mass is 32.2. The van der Waals surface area contributed by atoms with E-state index < -0.39 is 0 Å². The summed E-state index contributed by atoms with van der Waals surface area (Å²) in [6.07, 6.45) is 2.40. The van der Waals surface area contributed by atoms with E-state index in [9.17, 15) is 4.79 Å². The number of thiazole rings is 1. The molecule has 1 heterocycles. The van der Waals surface area contributed by atoms with Crippen molar-refractivity contribution in [3.63, 3.8) is 0 Å². The summed E-state index contributed by atoms with van der Waals surface area (Å²) in [5, 5.41) is 0.760. The lowest BCUT2D eigenvalue weighted by atomic mass is 10.1. The van der Waals surface area contributed by atoms with E-state index in [1.807, 2.05) is 56.3 Å². The molecule has 154 valence electrons. The molecule has 29 heavy (non-hydrogen) atoms. The van der Waals surface area contributed by atoms with Crippen LogP contribution in [0.2, 0.25) is 0 Å². The van der Waals surface area contributed by atoms with Gasteiger partial charge in [-0.25, -0.2) is 4.98 Å². The molecule has 0 radical (unpaired) electrons. The van der Waals surface area contributed by atoms with Gasteiger partial charge in [-0.05, 0) is 63.2 Å². The van der Waals surface area contributed by atoms with Crippen LogP contribution >= 0.6 is 23.1 Å². The van der Waals surface area contributed by atoms with Crippen LogP contribution in [0.4, 0.5) is 5.13 Å². The lowest BCUT2D eigenvalue weighted by Gasteiger charge is -2.22. The first-order chi connectivity index (χ1) is 14.0. The fraction of sp³-hybridized carbons (Fsp3) is 0.364. The Morgan fingerprint density at radius 3 is 2.55 bits per heavy atom. The number of fused-ring (bicyclic) bond motifs is 1. The molecule has 0 saturated heterocycles. The van der Waals surface area contributed by atoms with Crippen LogP contribution < -0.4 is 9.64 Å². The van der Waals surface area contributed by atoms with Gasteiger partial charge in [-0.2, -0.15) is 0 Å². The standard InChI is InChI=1S/C22H27N3O2S2/c1-5-27-17-8-6-16(7-9-17)14-21(26)25(13-12-24(2)3)22-23-19-11-10-18(28-4)15-20(19)29-22/h6-11,15H,5,12-14H2,1-4H3. The van der Waals surface area contributed by atoms with Gasteiger partial charge in [0.1, 0.15) is 5.75 Å². The molecule has 0 bridgehead atoms. The van der Waals surface area contributed by atoms with Gasteiger partial charge in [0.2, 0.25) is 5.91 Å². The molecule has 0 saturated carbocycles. The average molecular weight is 430 g/mol. The normalized spacial score (nSPS) is 11.2. The van der Waals surface area contributed by atoms with Crippen molar-refractivity contribution in [2.24, 2.45) is 0 Å². The van der Waals surface area contributed by atoms with Crippen LogP contribution in [0.25, 0.3) is 10.2 Å². The molecule has 3 aromatic rings. The predicted octanol–water partition coefficient (Wildman–Crippen LogP) is 4.55. The van der Waals surface area contributed by atoms with Crippen molar-refractivity contribution in [2.75, 3.05) is 44.9 Å². The molecule has 5 nitrogen and oxygen atoms in total. The van der Waals surface area contributed by atoms with E-state index in [1.54, 1.807) is 23.1 Å². The van der Waals surface area contributed by atoms with Gasteiger partial charge in [-0.3, -0.25) is 9.69 Å². The summed E-state index contributed by atoms with van der Waals surface area (Å²) in [5.74, 6) is 0.879. The topological polar surface area (TPSA) is 45.7 Å². The average Bonchev–Trinajstić information content (AvgIpc) is 3.12. The molecule has 0 atom stereocenters. The second-order valence-electron chi connectivity index (χ2n) is 6.93. The van der Waals surface area contributed by atoms with E-state index >= 15 is 0 Å². The monoisotopic (exact) mass is 429 g/mol. The number of carbonyl (C=O) groups excluding carboxylic acids is 1. The largest absolute Gasteiger partial charge is 0.494 e. The van der Waals surface area contributed by atoms with Crippen molar-refractivity contribution < 1.29 is 9.53 Å². The maximum atomic E-state index is 13.2. The van der Waals surface area contributed by atoms with Gasteiger partial charge in [-0.15, -0.1) is 11.8 Å². The zero-order chi connectivity index (χ0) is 20.8. The predicted molar refractivity (Wildman–Crippen MR) is 124 cm³/mol. The summed E-state index contributed by atoms with van der Waals surface area (Å²) < 4.78 is 6.60. The third-order valence-electron chi connectivity index (χ3n) is 4.48. The van der Waals surface area contributed by atoms with E-state index in [2.05, 4.69) is 23.3 Å². The number of carbonyl (C=O) groups is 1. The zero-order valence-electron chi connectivity index (χ0n) is 17.3. The van der Waals surface area contributed by atoms with E-state index in [1.165, 1.54) is 4.90 Å². The number of thioether (sulfide) groups is 1. The third kappa shape index (κ3) is 5.72. The number of rotatable bonds is 9. The first kappa shape index (κ1) is 21.6. The zero-order valence-corrected chi connectivity index (χ0v) is 19.0. The van der Waals surface area contributed by atoms with E-state index in [0.717, 1.165) is 33.2 Å². The summed E-state index contributed by atoms with van der Waals surface area (Å²) in [6, 6.07) is 14.0. The van der Waals surface area contributed by atoms with Crippen LogP contribution in [-0.4, -0.2) is 55.8 Å². The Hall–Kier alpha value is -2.09. The minimum Gasteiger partial charge on any atom is -0.494 e. The van der Waals surface area contributed by atoms with Gasteiger partial charge in [0.25, 0.3) is 0 Å². The lowest BCUT2D eigenvalue weighted by molar-refractivity contribution is -0.118. The number of hydrogen-bond acceptors (Lipinski definition) is 6.